The van der Waals surface area contributed by atoms with E-state index in [0.717, 1.165) is 51.4 Å². The smallest absolute Gasteiger partial charge is 0.425 e. The van der Waals surface area contributed by atoms with Crippen LogP contribution in [0.5, 0.6) is 0 Å². The maximum Gasteiger partial charge on any atom is 0.425 e. The molecule has 0 unspecified atom stereocenters. The van der Waals surface area contributed by atoms with Crippen LogP contribution < -0.4 is 4.72 Å². The van der Waals surface area contributed by atoms with Crippen molar-refractivity contribution in [2.24, 2.45) is 51.8 Å². The van der Waals surface area contributed by atoms with Crippen LogP contribution >= 0.6 is 0 Å². The van der Waals surface area contributed by atoms with Gasteiger partial charge in [0.2, 0.25) is 0 Å². The largest absolute Gasteiger partial charge is 0.449 e. The van der Waals surface area contributed by atoms with Crippen molar-refractivity contribution >= 4 is 22.2 Å². The summed E-state index contributed by atoms with van der Waals surface area (Å²) in [6, 6.07) is 0. The molecule has 5 fully saturated rings. The van der Waals surface area contributed by atoms with Crippen LogP contribution in [-0.4, -0.2) is 60.3 Å². The number of rotatable bonds is 5. The van der Waals surface area contributed by atoms with Crippen LogP contribution in [0.4, 0.5) is 4.79 Å². The lowest BCUT2D eigenvalue weighted by molar-refractivity contribution is -0.209. The molecule has 4 saturated carbocycles. The van der Waals surface area contributed by atoms with Gasteiger partial charge >= 0.3 is 16.3 Å². The average molecular weight is 569 g/mol. The van der Waals surface area contributed by atoms with Gasteiger partial charge < -0.3 is 14.9 Å². The quantitative estimate of drug-likeness (QED) is 0.459. The van der Waals surface area contributed by atoms with E-state index < -0.39 is 28.8 Å². The molecular weight excluding hydrogens is 520 g/mol. The molecule has 2 amide bonds. The molecule has 0 spiro atoms. The highest BCUT2D eigenvalue weighted by atomic mass is 32.2. The first-order valence-corrected chi connectivity index (χ1v) is 16.5. The zero-order valence-corrected chi connectivity index (χ0v) is 25.0. The Balaban J connectivity index is 1.30. The summed E-state index contributed by atoms with van der Waals surface area (Å²) in [5, 5.41) is 22.4. The molecule has 0 radical (unpaired) electrons. The third kappa shape index (κ3) is 4.33. The zero-order valence-electron chi connectivity index (χ0n) is 24.2. The molecule has 0 bridgehead atoms. The van der Waals surface area contributed by atoms with Gasteiger partial charge in [-0.3, -0.25) is 4.79 Å². The monoisotopic (exact) mass is 568 g/mol. The van der Waals surface area contributed by atoms with Crippen LogP contribution in [0.3, 0.4) is 0 Å². The molecule has 3 N–H and O–H groups in total. The molecule has 0 aromatic rings. The Labute approximate surface area is 233 Å². The average Bonchev–Trinajstić information content (AvgIpc) is 3.31. The van der Waals surface area contributed by atoms with Crippen molar-refractivity contribution in [3.63, 3.8) is 0 Å². The number of hydrogen-bond donors (Lipinski definition) is 3. The van der Waals surface area contributed by atoms with Gasteiger partial charge in [0, 0.05) is 0 Å². The molecule has 9 nitrogen and oxygen atoms in total. The fraction of sp³-hybridized carbons (Fsp3) is 0.931. The normalized spacial score (nSPS) is 47.5. The van der Waals surface area contributed by atoms with E-state index in [0.29, 0.717) is 28.5 Å². The summed E-state index contributed by atoms with van der Waals surface area (Å²) < 4.78 is 31.4. The second-order valence-corrected chi connectivity index (χ2v) is 15.7. The molecule has 0 aromatic carbocycles. The van der Waals surface area contributed by atoms with E-state index in [4.69, 9.17) is 4.74 Å². The summed E-state index contributed by atoms with van der Waals surface area (Å²) >= 11 is 0. The molecule has 0 aromatic heterocycles. The molecule has 5 aliphatic rings. The molecule has 11 atom stereocenters. The topological polar surface area (TPSA) is 133 Å². The van der Waals surface area contributed by atoms with Crippen LogP contribution in [0.2, 0.25) is 0 Å². The lowest BCUT2D eigenvalue weighted by Crippen LogP contribution is -2.62. The van der Waals surface area contributed by atoms with Crippen molar-refractivity contribution in [3.8, 4) is 0 Å². The number of nitrogens with one attached hydrogen (secondary N) is 1. The van der Waals surface area contributed by atoms with Gasteiger partial charge in [0.1, 0.15) is 6.54 Å². The van der Waals surface area contributed by atoms with Gasteiger partial charge in [0.25, 0.3) is 5.91 Å². The summed E-state index contributed by atoms with van der Waals surface area (Å²) in [5.41, 5.74) is 0.202. The predicted octanol–water partition coefficient (Wildman–Crippen LogP) is 3.84. The molecule has 1 heterocycles. The Morgan fingerprint density at radius 3 is 2.44 bits per heavy atom. The molecule has 222 valence electrons. The number of aliphatic hydroxyl groups excluding tert-OH is 2. The maximum absolute atomic E-state index is 12.4. The van der Waals surface area contributed by atoms with Gasteiger partial charge in [-0.2, -0.15) is 12.7 Å². The molecular formula is C29H48N2O7S. The molecule has 1 aliphatic heterocycles. The fourth-order valence-corrected chi connectivity index (χ4v) is 11.4. The number of nitrogens with zero attached hydrogens (tertiary/aromatic N) is 1. The van der Waals surface area contributed by atoms with Gasteiger partial charge in [-0.15, -0.1) is 0 Å². The number of carbonyl (C=O) groups excluding carboxylic acids is 2. The standard InChI is InChI=1S/C29H48N2O7S/c1-6-19-22-15-18(32)7-11-27(22,3)20-8-13-29(5)21(24(20)25(19)34)9-12-28(29,4)17(2)10-14-38-26(35)31-16-23(33)30-39(31,36)37/h17-22,24-25,32,34H,6-16H2,1-5H3,(H,30,33)/t17-,18-,19-,20+,21+,22+,24-,25-,27-,28-,29+/m1/s1. The number of amides is 2. The van der Waals surface area contributed by atoms with Gasteiger partial charge in [0.15, 0.2) is 0 Å². The second kappa shape index (κ2) is 9.86. The van der Waals surface area contributed by atoms with E-state index in [9.17, 15) is 28.2 Å². The molecule has 4 aliphatic carbocycles. The number of hydrogen-bond acceptors (Lipinski definition) is 7. The van der Waals surface area contributed by atoms with Crippen molar-refractivity contribution in [3.05, 3.63) is 0 Å². The van der Waals surface area contributed by atoms with Crippen LogP contribution in [0.1, 0.15) is 92.4 Å². The molecule has 39 heavy (non-hydrogen) atoms. The first kappa shape index (κ1) is 29.1. The highest BCUT2D eigenvalue weighted by Crippen LogP contribution is 2.72. The van der Waals surface area contributed by atoms with Crippen LogP contribution in [-0.2, 0) is 19.7 Å². The summed E-state index contributed by atoms with van der Waals surface area (Å²) in [5.74, 6) is 1.24. The Morgan fingerprint density at radius 2 is 1.79 bits per heavy atom. The minimum Gasteiger partial charge on any atom is -0.449 e. The summed E-state index contributed by atoms with van der Waals surface area (Å²) in [7, 11) is -4.16. The molecule has 1 saturated heterocycles. The van der Waals surface area contributed by atoms with Crippen molar-refractivity contribution < 1.29 is 33.0 Å². The Kier molecular flexibility index (Phi) is 7.36. The number of ether oxygens (including phenoxy) is 1. The summed E-state index contributed by atoms with van der Waals surface area (Å²) in [6.07, 6.45) is 6.98. The predicted molar refractivity (Wildman–Crippen MR) is 145 cm³/mol. The van der Waals surface area contributed by atoms with Crippen molar-refractivity contribution in [2.75, 3.05) is 13.2 Å². The highest BCUT2D eigenvalue weighted by Gasteiger charge is 2.67. The van der Waals surface area contributed by atoms with Crippen LogP contribution in [0, 0.1) is 51.8 Å². The number of carbonyl (C=O) groups is 2. The third-order valence-electron chi connectivity index (χ3n) is 12.9. The van der Waals surface area contributed by atoms with Gasteiger partial charge in [0.05, 0.1) is 18.8 Å². The Bertz CT molecular complexity index is 1100. The van der Waals surface area contributed by atoms with Crippen LogP contribution in [0.15, 0.2) is 0 Å². The molecule has 5 rings (SSSR count). The molecule has 10 heteroatoms. The van der Waals surface area contributed by atoms with E-state index in [1.165, 1.54) is 0 Å². The summed E-state index contributed by atoms with van der Waals surface area (Å²) in [6.45, 7) is 11.2. The van der Waals surface area contributed by atoms with Crippen molar-refractivity contribution in [2.45, 2.75) is 105 Å². The minimum atomic E-state index is -4.16. The Hall–Kier alpha value is -1.39. The minimum absolute atomic E-state index is 0.00572. The lowest BCUT2D eigenvalue weighted by atomic mass is 9.40. The SMILES string of the molecule is CC[C@H]1[C@@H](O)[C@@H]2[C@H](CC[C@@]3(C)[C@H]2CC[C@]3(C)[C@H](C)CCOC(=O)N2CC(=O)NS2(=O)=O)[C@@]2(C)CC[C@@H](O)C[C@@H]12. The van der Waals surface area contributed by atoms with E-state index in [-0.39, 0.29) is 52.8 Å². The first-order valence-electron chi connectivity index (χ1n) is 15.1. The number of fused-ring (bicyclic) bond motifs is 5. The van der Waals surface area contributed by atoms with E-state index >= 15 is 0 Å². The lowest BCUT2D eigenvalue weighted by Gasteiger charge is -2.65. The van der Waals surface area contributed by atoms with Crippen molar-refractivity contribution in [1.82, 2.24) is 9.03 Å². The van der Waals surface area contributed by atoms with E-state index in [1.54, 1.807) is 4.72 Å². The van der Waals surface area contributed by atoms with E-state index in [2.05, 4.69) is 34.6 Å². The fourth-order valence-electron chi connectivity index (χ4n) is 10.4. The van der Waals surface area contributed by atoms with Gasteiger partial charge in [-0.25, -0.2) is 9.52 Å². The van der Waals surface area contributed by atoms with Gasteiger partial charge in [-0.05, 0) is 103 Å². The highest BCUT2D eigenvalue weighted by molar-refractivity contribution is 7.88. The van der Waals surface area contributed by atoms with Gasteiger partial charge in [-0.1, -0.05) is 41.0 Å². The second-order valence-electron chi connectivity index (χ2n) is 14.1. The number of aliphatic hydroxyl groups is 2. The first-order chi connectivity index (χ1) is 18.2. The maximum atomic E-state index is 12.4. The van der Waals surface area contributed by atoms with Crippen molar-refractivity contribution in [1.29, 1.82) is 0 Å². The third-order valence-corrected chi connectivity index (χ3v) is 14.3. The Morgan fingerprint density at radius 1 is 1.10 bits per heavy atom. The zero-order chi connectivity index (χ0) is 28.5. The van der Waals surface area contributed by atoms with Crippen LogP contribution in [0.25, 0.3) is 0 Å². The van der Waals surface area contributed by atoms with E-state index in [1.807, 2.05) is 0 Å². The summed E-state index contributed by atoms with van der Waals surface area (Å²) in [4.78, 5) is 23.8.